The van der Waals surface area contributed by atoms with Crippen LogP contribution in [0.3, 0.4) is 0 Å². The van der Waals surface area contributed by atoms with Crippen LogP contribution >= 0.6 is 0 Å². The van der Waals surface area contributed by atoms with E-state index in [-0.39, 0.29) is 98.1 Å². The maximum atomic E-state index is 14.0. The number of unbranched alkanes of at least 4 members (excludes halogenated alkanes) is 1. The zero-order valence-electron chi connectivity index (χ0n) is 48.7. The highest BCUT2D eigenvalue weighted by Crippen LogP contribution is 2.33. The zero-order valence-corrected chi connectivity index (χ0v) is 48.7. The molecule has 0 radical (unpaired) electrons. The second-order valence-electron chi connectivity index (χ2n) is 18.6. The third kappa shape index (κ3) is 25.7. The lowest BCUT2D eigenvalue weighted by molar-refractivity contribution is -0.134. The molecule has 0 fully saturated rings. The van der Waals surface area contributed by atoms with Crippen molar-refractivity contribution >= 4 is 95.7 Å². The first-order chi connectivity index (χ1) is 40.8. The van der Waals surface area contributed by atoms with Gasteiger partial charge in [0, 0.05) is 119 Å². The van der Waals surface area contributed by atoms with Crippen molar-refractivity contribution < 1.29 is 95.4 Å². The molecule has 4 aromatic rings. The molecule has 0 aliphatic carbocycles. The van der Waals surface area contributed by atoms with Crippen LogP contribution in [0.5, 0.6) is 46.0 Å². The van der Waals surface area contributed by atoms with Crippen molar-refractivity contribution in [2.24, 2.45) is 0 Å². The van der Waals surface area contributed by atoms with E-state index in [1.165, 1.54) is 153 Å². The number of rotatable bonds is 29. The van der Waals surface area contributed by atoms with Gasteiger partial charge in [0.05, 0.1) is 0 Å². The summed E-state index contributed by atoms with van der Waals surface area (Å²) in [6, 6.07) is 17.5. The number of benzene rings is 4. The van der Waals surface area contributed by atoms with Gasteiger partial charge in [-0.25, -0.2) is 0 Å². The van der Waals surface area contributed by atoms with Gasteiger partial charge in [-0.3, -0.25) is 57.5 Å². The third-order valence-electron chi connectivity index (χ3n) is 11.1. The molecule has 0 aliphatic heterocycles. The minimum absolute atomic E-state index is 0.0112. The lowest BCUT2D eigenvalue weighted by Crippen LogP contribution is -2.36. The van der Waals surface area contributed by atoms with Crippen LogP contribution in [0.2, 0.25) is 0 Å². The Kier molecular flexibility index (Phi) is 27.5. The molecule has 4 aromatic carbocycles. The fourth-order valence-electron chi connectivity index (χ4n) is 7.65. The second kappa shape index (κ2) is 34.8. The summed E-state index contributed by atoms with van der Waals surface area (Å²) < 4.78 is 41.3. The largest absolute Gasteiger partial charge is 0.423 e. The highest BCUT2D eigenvalue weighted by atomic mass is 16.6. The number of amides is 4. The summed E-state index contributed by atoms with van der Waals surface area (Å²) in [5.41, 5.74) is 1.75. The summed E-state index contributed by atoms with van der Waals surface area (Å²) in [5, 5.41) is 5.53. The van der Waals surface area contributed by atoms with Crippen LogP contribution in [0.1, 0.15) is 103 Å². The van der Waals surface area contributed by atoms with Crippen molar-refractivity contribution in [3.8, 4) is 46.0 Å². The molecule has 454 valence electrons. The first-order valence-electron chi connectivity index (χ1n) is 26.7. The van der Waals surface area contributed by atoms with E-state index in [0.29, 0.717) is 35.1 Å². The quantitative estimate of drug-likeness (QED) is 0.0247. The fraction of sp³-hybridized carbons (Fsp3) is 0.290. The van der Waals surface area contributed by atoms with Crippen LogP contribution in [-0.2, 0) is 57.5 Å². The van der Waals surface area contributed by atoms with Gasteiger partial charge in [0.25, 0.3) is 0 Å². The molecule has 24 nitrogen and oxygen atoms in total. The number of hydrogen-bond donors (Lipinski definition) is 2. The molecule has 0 aromatic heterocycles. The van der Waals surface area contributed by atoms with Crippen LogP contribution in [0, 0.1) is 0 Å². The predicted molar refractivity (Wildman–Crippen MR) is 310 cm³/mol. The van der Waals surface area contributed by atoms with Gasteiger partial charge in [0.1, 0.15) is 0 Å². The Balaban J connectivity index is 1.52. The molecule has 86 heavy (non-hydrogen) atoms. The lowest BCUT2D eigenvalue weighted by atomic mass is 10.1. The summed E-state index contributed by atoms with van der Waals surface area (Å²) in [4.78, 5) is 150. The molecule has 0 aliphatic rings. The number of nitrogens with one attached hydrogen (secondary N) is 2. The molecule has 4 rings (SSSR count). The minimum atomic E-state index is -0.677. The standard InChI is InChI=1S/C62H66N4O20/c1-39(67)79-51-21-13-47(35-55(51)83-43(5)71)17-25-59(75)63-29-11-33-65(61(77)27-19-49-15-23-53(81-41(3)69)57(37-49)85-45(7)73)31-9-10-32-66(62(78)28-20-50-16-24-54(82-42(4)70)58(38-50)86-46(8)74)34-12-30-64-60(76)26-18-48-14-22-52(80-40(2)68)56(36-48)84-44(6)72/h13-28,35-38H,9-12,29-34H2,1-8H3,(H,63,75)(H,64,76). The van der Waals surface area contributed by atoms with E-state index >= 15 is 0 Å². The van der Waals surface area contributed by atoms with E-state index in [0.717, 1.165) is 0 Å². The average molecular weight is 1190 g/mol. The molecule has 24 heteroatoms. The van der Waals surface area contributed by atoms with E-state index in [4.69, 9.17) is 37.9 Å². The molecule has 0 atom stereocenters. The number of esters is 8. The molecule has 0 spiro atoms. The van der Waals surface area contributed by atoms with Crippen molar-refractivity contribution in [1.29, 1.82) is 0 Å². The summed E-state index contributed by atoms with van der Waals surface area (Å²) in [5.74, 6) is -7.22. The van der Waals surface area contributed by atoms with Crippen molar-refractivity contribution in [1.82, 2.24) is 20.4 Å². The average Bonchev–Trinajstić information content (AvgIpc) is 3.56. The van der Waals surface area contributed by atoms with E-state index < -0.39 is 71.4 Å². The van der Waals surface area contributed by atoms with Gasteiger partial charge in [-0.2, -0.15) is 0 Å². The minimum Gasteiger partial charge on any atom is -0.423 e. The molecule has 0 bridgehead atoms. The number of carbonyl (C=O) groups excluding carboxylic acids is 12. The smallest absolute Gasteiger partial charge is 0.308 e. The van der Waals surface area contributed by atoms with E-state index in [9.17, 15) is 57.5 Å². The van der Waals surface area contributed by atoms with Gasteiger partial charge >= 0.3 is 47.8 Å². The SMILES string of the molecule is CC(=O)Oc1ccc(C=CC(=O)NCCCN(CCCCN(CCCNC(=O)C=Cc2ccc(OC(C)=O)c(OC(C)=O)c2)C(=O)C=Cc2ccc(OC(C)=O)c(OC(C)=O)c2)C(=O)C=Cc2ccc(OC(C)=O)c(OC(C)=O)c2)cc1OC(C)=O. The summed E-state index contributed by atoms with van der Waals surface area (Å²) >= 11 is 0. The third-order valence-corrected chi connectivity index (χ3v) is 11.1. The summed E-state index contributed by atoms with van der Waals surface area (Å²) in [6.07, 6.45) is 12.3. The lowest BCUT2D eigenvalue weighted by Gasteiger charge is -2.24. The Bertz CT molecular complexity index is 3110. The van der Waals surface area contributed by atoms with Crippen molar-refractivity contribution in [3.63, 3.8) is 0 Å². The molecular formula is C62H66N4O20. The number of hydrogen-bond acceptors (Lipinski definition) is 20. The van der Waals surface area contributed by atoms with Crippen LogP contribution in [0.15, 0.2) is 97.1 Å². The highest BCUT2D eigenvalue weighted by molar-refractivity contribution is 5.94. The fourth-order valence-corrected chi connectivity index (χ4v) is 7.65. The van der Waals surface area contributed by atoms with E-state index in [1.807, 2.05) is 0 Å². The molecule has 0 saturated heterocycles. The van der Waals surface area contributed by atoms with E-state index in [2.05, 4.69) is 10.6 Å². The van der Waals surface area contributed by atoms with Crippen molar-refractivity contribution in [3.05, 3.63) is 119 Å². The Labute approximate surface area is 495 Å². The van der Waals surface area contributed by atoms with Crippen molar-refractivity contribution in [2.45, 2.75) is 81.1 Å². The zero-order chi connectivity index (χ0) is 63.3. The Morgan fingerprint density at radius 3 is 0.779 bits per heavy atom. The van der Waals surface area contributed by atoms with Crippen molar-refractivity contribution in [2.75, 3.05) is 39.3 Å². The van der Waals surface area contributed by atoms with Crippen LogP contribution in [0.25, 0.3) is 24.3 Å². The maximum Gasteiger partial charge on any atom is 0.308 e. The first kappa shape index (κ1) is 68.0. The molecule has 2 N–H and O–H groups in total. The topological polar surface area (TPSA) is 309 Å². The molecule has 0 unspecified atom stereocenters. The van der Waals surface area contributed by atoms with Crippen LogP contribution in [-0.4, -0.2) is 120 Å². The Hall–Kier alpha value is -10.5. The number of ether oxygens (including phenoxy) is 8. The molecule has 4 amide bonds. The van der Waals surface area contributed by atoms with Crippen LogP contribution < -0.4 is 48.5 Å². The predicted octanol–water partition coefficient (Wildman–Crippen LogP) is 6.69. The van der Waals surface area contributed by atoms with Gasteiger partial charge in [0.2, 0.25) is 23.6 Å². The highest BCUT2D eigenvalue weighted by Gasteiger charge is 2.18. The molecule has 0 saturated carbocycles. The summed E-state index contributed by atoms with van der Waals surface area (Å²) in [6.45, 7) is 10.4. The van der Waals surface area contributed by atoms with Gasteiger partial charge in [-0.05, 0) is 121 Å². The molecule has 0 heterocycles. The number of carbonyl (C=O) groups is 12. The monoisotopic (exact) mass is 1190 g/mol. The van der Waals surface area contributed by atoms with Gasteiger partial charge in [-0.1, -0.05) is 24.3 Å². The summed E-state index contributed by atoms with van der Waals surface area (Å²) in [7, 11) is 0. The van der Waals surface area contributed by atoms with Gasteiger partial charge in [-0.15, -0.1) is 0 Å². The Morgan fingerprint density at radius 2 is 0.535 bits per heavy atom. The van der Waals surface area contributed by atoms with Crippen LogP contribution in [0.4, 0.5) is 0 Å². The second-order valence-corrected chi connectivity index (χ2v) is 18.6. The maximum absolute atomic E-state index is 14.0. The number of nitrogens with zero attached hydrogens (tertiary/aromatic N) is 2. The van der Waals surface area contributed by atoms with E-state index in [1.54, 1.807) is 34.1 Å². The van der Waals surface area contributed by atoms with Gasteiger partial charge < -0.3 is 58.3 Å². The van der Waals surface area contributed by atoms with Gasteiger partial charge in [0.15, 0.2) is 46.0 Å². The molecular weight excluding hydrogens is 1120 g/mol. The normalized spacial score (nSPS) is 10.9. The Morgan fingerprint density at radius 1 is 0.314 bits per heavy atom. The first-order valence-corrected chi connectivity index (χ1v) is 26.7.